The van der Waals surface area contributed by atoms with Crippen LogP contribution in [-0.2, 0) is 49.8 Å². The van der Waals surface area contributed by atoms with Gasteiger partial charge < -0.3 is 24.3 Å². The number of benzene rings is 3. The molecule has 2 aliphatic rings. The van der Waals surface area contributed by atoms with Crippen molar-refractivity contribution in [3.63, 3.8) is 0 Å². The lowest BCUT2D eigenvalue weighted by Crippen LogP contribution is -2.62. The number of pyridine rings is 1. The van der Waals surface area contributed by atoms with Crippen LogP contribution in [0.4, 0.5) is 0 Å². The van der Waals surface area contributed by atoms with E-state index in [1.807, 2.05) is 62.5 Å². The lowest BCUT2D eigenvalue weighted by Gasteiger charge is -2.36. The van der Waals surface area contributed by atoms with Crippen molar-refractivity contribution in [2.24, 2.45) is 21.3 Å². The molecule has 2 aromatic heterocycles. The van der Waals surface area contributed by atoms with Gasteiger partial charge in [0.05, 0.1) is 44.2 Å². The number of carbonyl (C=O) groups excluding carboxylic acids is 4. The number of hydrogen-bond donors (Lipinski definition) is 2. The molecule has 14 heteroatoms. The van der Waals surface area contributed by atoms with Crippen LogP contribution in [0.1, 0.15) is 96.0 Å². The van der Waals surface area contributed by atoms with Crippen LogP contribution >= 0.6 is 0 Å². The Kier molecular flexibility index (Phi) is 16.2. The van der Waals surface area contributed by atoms with Gasteiger partial charge in [-0.05, 0) is 90.6 Å². The third kappa shape index (κ3) is 11.6. The molecule has 1 fully saturated rings. The second-order valence-electron chi connectivity index (χ2n) is 19.7. The number of para-hydroxylation sites is 1. The molecule has 0 aliphatic carbocycles. The number of aryl methyl sites for hydroxylation is 1. The topological polar surface area (TPSA) is 160 Å². The fourth-order valence-corrected chi connectivity index (χ4v) is 9.73. The van der Waals surface area contributed by atoms with E-state index in [9.17, 15) is 19.2 Å². The number of amides is 3. The van der Waals surface area contributed by atoms with Crippen molar-refractivity contribution >= 4 is 40.6 Å². The third-order valence-electron chi connectivity index (χ3n) is 13.2. The maximum Gasteiger partial charge on any atom is 0.324 e. The summed E-state index contributed by atoms with van der Waals surface area (Å²) in [6, 6.07) is 26.4. The van der Waals surface area contributed by atoms with Crippen LogP contribution in [0, 0.1) is 11.3 Å². The van der Waals surface area contributed by atoms with Crippen molar-refractivity contribution in [2.45, 2.75) is 118 Å². The lowest BCUT2D eigenvalue weighted by atomic mass is 9.83. The molecule has 4 heterocycles. The monoisotopic (exact) mass is 937 g/mol. The van der Waals surface area contributed by atoms with Gasteiger partial charge in [0.1, 0.15) is 23.9 Å². The number of ether oxygens (including phenoxy) is 2. The molecule has 6 bridgehead atoms. The maximum absolute atomic E-state index is 14.7. The smallest absolute Gasteiger partial charge is 0.324 e. The minimum absolute atomic E-state index is 0.0336. The molecule has 7 rings (SSSR count). The highest BCUT2D eigenvalue weighted by Crippen LogP contribution is 2.42. The molecule has 3 atom stereocenters. The number of nitrogens with one attached hydrogen (secondary N) is 2. The minimum Gasteiger partial charge on any atom is -0.496 e. The van der Waals surface area contributed by atoms with Gasteiger partial charge >= 0.3 is 5.97 Å². The molecule has 2 aliphatic heterocycles. The average Bonchev–Trinajstić information content (AvgIpc) is 3.64. The van der Waals surface area contributed by atoms with Crippen molar-refractivity contribution < 1.29 is 28.7 Å². The Bertz CT molecular complexity index is 2730. The first-order valence-electron chi connectivity index (χ1n) is 24.3. The number of hydrazine groups is 1. The molecule has 14 nitrogen and oxygen atoms in total. The van der Waals surface area contributed by atoms with Crippen molar-refractivity contribution in [3.05, 3.63) is 107 Å². The molecule has 0 radical (unpaired) electrons. The standard InChI is InChI=1S/C55H68N8O6/c1-10-62-46-23-22-39-30-42(46)43(51(62)41-19-14-25-58-49(41)35(2)3)31-55(6,7)33-69-54(67)44-20-15-27-63(60-44)53(66)45(29-37-16-13-18-38(39)28-37)59-52(65)50(36(4)5)61(8)48(64)24-26-56-34-57-32-40-17-11-12-21-47(40)68-9/h11-14,16-19,21-23,25,28,30,35-36,44-45,50,60H,10,15,20,24,26-27,29,31-33H2,1-9H3,(H,59,65)/t44-,45-,50-/m0/s1. The maximum atomic E-state index is 14.7. The number of rotatable bonds is 13. The van der Waals surface area contributed by atoms with Crippen molar-refractivity contribution in [1.82, 2.24) is 30.2 Å². The molecular formula is C55H68N8O6. The second-order valence-corrected chi connectivity index (χ2v) is 19.7. The van der Waals surface area contributed by atoms with E-state index >= 15 is 0 Å². The molecule has 0 spiro atoms. The normalized spacial score (nSPS) is 17.7. The Hall–Kier alpha value is -6.63. The number of cyclic esters (lactones) is 1. The largest absolute Gasteiger partial charge is 0.496 e. The molecule has 0 saturated carbocycles. The first-order valence-corrected chi connectivity index (χ1v) is 24.3. The molecule has 3 amide bonds. The lowest BCUT2D eigenvalue weighted by molar-refractivity contribution is -0.155. The Balaban J connectivity index is 1.20. The predicted molar refractivity (Wildman–Crippen MR) is 270 cm³/mol. The third-order valence-corrected chi connectivity index (χ3v) is 13.2. The number of esters is 1. The SMILES string of the molecule is CCn1c(-c2cccnc2C(C)C)c2c3cc(ccc31)-c1cccc(c1)C[C@H](NC(=O)[C@H](C(C)C)N(C)C(=O)CCN=C=NCc1ccccc1OC)C(=O)N1CCC[C@H](N1)C(=O)OCC(C)(C)C2. The van der Waals surface area contributed by atoms with Gasteiger partial charge in [-0.1, -0.05) is 90.1 Å². The molecule has 69 heavy (non-hydrogen) atoms. The van der Waals surface area contributed by atoms with Gasteiger partial charge in [-0.2, -0.15) is 0 Å². The fraction of sp³-hybridized carbons (Fsp3) is 0.455. The number of methoxy groups -OCH3 is 1. The first-order chi connectivity index (χ1) is 33.1. The van der Waals surface area contributed by atoms with E-state index in [2.05, 4.69) is 102 Å². The molecule has 364 valence electrons. The number of likely N-dealkylation sites (N-methyl/N-ethyl adjacent to an activating group) is 1. The van der Waals surface area contributed by atoms with Crippen LogP contribution in [0.5, 0.6) is 5.75 Å². The summed E-state index contributed by atoms with van der Waals surface area (Å²) in [6.45, 7) is 16.2. The van der Waals surface area contributed by atoms with Gasteiger partial charge in [0.2, 0.25) is 11.8 Å². The zero-order valence-electron chi connectivity index (χ0n) is 41.7. The second kappa shape index (κ2) is 22.2. The number of fused-ring (bicyclic) bond motifs is 6. The summed E-state index contributed by atoms with van der Waals surface area (Å²) < 4.78 is 13.9. The molecule has 1 saturated heterocycles. The van der Waals surface area contributed by atoms with Gasteiger partial charge in [0.15, 0.2) is 0 Å². The zero-order chi connectivity index (χ0) is 49.4. The summed E-state index contributed by atoms with van der Waals surface area (Å²) in [6.07, 6.45) is 3.72. The molecule has 2 N–H and O–H groups in total. The highest BCUT2D eigenvalue weighted by atomic mass is 16.5. The molecular weight excluding hydrogens is 869 g/mol. The zero-order valence-corrected chi connectivity index (χ0v) is 41.7. The van der Waals surface area contributed by atoms with Crippen molar-refractivity contribution in [3.8, 4) is 28.1 Å². The van der Waals surface area contributed by atoms with Gasteiger partial charge in [-0.25, -0.2) is 15.4 Å². The van der Waals surface area contributed by atoms with E-state index < -0.39 is 35.4 Å². The van der Waals surface area contributed by atoms with Crippen molar-refractivity contribution in [1.29, 1.82) is 0 Å². The summed E-state index contributed by atoms with van der Waals surface area (Å²) in [4.78, 5) is 71.4. The Morgan fingerprint density at radius 1 is 1.01 bits per heavy atom. The predicted octanol–water partition coefficient (Wildman–Crippen LogP) is 8.42. The Morgan fingerprint density at radius 3 is 2.55 bits per heavy atom. The van der Waals surface area contributed by atoms with Gasteiger partial charge in [0.25, 0.3) is 5.91 Å². The molecule has 0 unspecified atom stereocenters. The number of aliphatic imine (C=N–C) groups is 2. The highest BCUT2D eigenvalue weighted by Gasteiger charge is 2.37. The van der Waals surface area contributed by atoms with Crippen molar-refractivity contribution in [2.75, 3.05) is 33.9 Å². The van der Waals surface area contributed by atoms with E-state index in [1.54, 1.807) is 14.2 Å². The highest BCUT2D eigenvalue weighted by molar-refractivity contribution is 5.96. The van der Waals surface area contributed by atoms with E-state index in [-0.39, 0.29) is 49.6 Å². The summed E-state index contributed by atoms with van der Waals surface area (Å²) in [5.41, 5.74) is 11.9. The van der Waals surface area contributed by atoms with Crippen LogP contribution in [0.15, 0.2) is 95.0 Å². The van der Waals surface area contributed by atoms with E-state index in [0.717, 1.165) is 62.4 Å². The van der Waals surface area contributed by atoms with E-state index in [0.29, 0.717) is 32.4 Å². The number of hydrogen-bond acceptors (Lipinski definition) is 10. The van der Waals surface area contributed by atoms with Crippen LogP contribution in [0.25, 0.3) is 33.3 Å². The first kappa shape index (κ1) is 50.3. The van der Waals surface area contributed by atoms with Crippen LogP contribution in [-0.4, -0.2) is 101 Å². The van der Waals surface area contributed by atoms with E-state index in [1.165, 1.54) is 15.5 Å². The van der Waals surface area contributed by atoms with Gasteiger partial charge in [-0.15, -0.1) is 0 Å². The Labute approximate surface area is 406 Å². The summed E-state index contributed by atoms with van der Waals surface area (Å²) in [5.74, 6) is -0.949. The molecule has 3 aromatic carbocycles. The number of nitrogens with zero attached hydrogens (tertiary/aromatic N) is 6. The minimum atomic E-state index is -1.04. The van der Waals surface area contributed by atoms with Gasteiger partial charge in [0, 0.05) is 66.6 Å². The summed E-state index contributed by atoms with van der Waals surface area (Å²) in [7, 11) is 3.21. The number of carbonyl (C=O) groups is 4. The quantitative estimate of drug-likeness (QED) is 0.0880. The van der Waals surface area contributed by atoms with Gasteiger partial charge in [-0.3, -0.25) is 29.2 Å². The van der Waals surface area contributed by atoms with Crippen LogP contribution < -0.4 is 15.5 Å². The average molecular weight is 937 g/mol. The summed E-state index contributed by atoms with van der Waals surface area (Å²) in [5, 5.41) is 5.62. The molecule has 5 aromatic rings. The van der Waals surface area contributed by atoms with Crippen LogP contribution in [0.2, 0.25) is 0 Å². The van der Waals surface area contributed by atoms with E-state index in [4.69, 9.17) is 14.5 Å². The Morgan fingerprint density at radius 2 is 1.80 bits per heavy atom. The number of aromatic nitrogens is 2. The fourth-order valence-electron chi connectivity index (χ4n) is 9.73. The van der Waals surface area contributed by atoms with Crippen LogP contribution in [0.3, 0.4) is 0 Å². The summed E-state index contributed by atoms with van der Waals surface area (Å²) >= 11 is 0.